The molecule has 0 radical (unpaired) electrons. The monoisotopic (exact) mass is 270 g/mol. The Balaban J connectivity index is 2.04. The molecule has 1 aromatic heterocycles. The van der Waals surface area contributed by atoms with Gasteiger partial charge in [-0.3, -0.25) is 19.2 Å². The minimum Gasteiger partial charge on any atom is -0.323 e. The van der Waals surface area contributed by atoms with E-state index in [0.717, 1.165) is 5.69 Å². The van der Waals surface area contributed by atoms with Crippen molar-refractivity contribution in [3.63, 3.8) is 0 Å². The molecule has 0 aliphatic carbocycles. The number of fused-ring (bicyclic) bond motifs is 1. The number of benzene rings is 1. The van der Waals surface area contributed by atoms with Crippen LogP contribution in [0.2, 0.25) is 0 Å². The van der Waals surface area contributed by atoms with Crippen LogP contribution in [0.5, 0.6) is 0 Å². The molecule has 1 N–H and O–H groups in total. The molecule has 0 spiro atoms. The van der Waals surface area contributed by atoms with E-state index in [9.17, 15) is 9.59 Å². The second-order valence-corrected chi connectivity index (χ2v) is 4.75. The average Bonchev–Trinajstić information content (AvgIpc) is 2.76. The maximum absolute atomic E-state index is 12.6. The van der Waals surface area contributed by atoms with Gasteiger partial charge in [0.15, 0.2) is 0 Å². The Labute approximate surface area is 116 Å². The Morgan fingerprint density at radius 3 is 2.80 bits per heavy atom. The van der Waals surface area contributed by atoms with Crippen LogP contribution in [0.15, 0.2) is 30.3 Å². The molecule has 0 unspecified atom stereocenters. The van der Waals surface area contributed by atoms with Crippen LogP contribution >= 0.6 is 0 Å². The number of nitrogens with zero attached hydrogens (tertiary/aromatic N) is 3. The fourth-order valence-corrected chi connectivity index (χ4v) is 2.36. The number of carbonyl (C=O) groups is 2. The summed E-state index contributed by atoms with van der Waals surface area (Å²) in [4.78, 5) is 25.8. The summed E-state index contributed by atoms with van der Waals surface area (Å²) in [7, 11) is 1.72. The zero-order valence-electron chi connectivity index (χ0n) is 11.3. The quantitative estimate of drug-likeness (QED) is 0.850. The van der Waals surface area contributed by atoms with E-state index in [0.29, 0.717) is 17.1 Å². The third kappa shape index (κ3) is 1.95. The average molecular weight is 270 g/mol. The third-order valence-corrected chi connectivity index (χ3v) is 3.24. The van der Waals surface area contributed by atoms with E-state index in [1.807, 2.05) is 25.1 Å². The molecule has 0 saturated heterocycles. The first-order valence-corrected chi connectivity index (χ1v) is 6.27. The van der Waals surface area contributed by atoms with Gasteiger partial charge in [-0.15, -0.1) is 0 Å². The number of anilines is 2. The molecule has 0 saturated carbocycles. The topological polar surface area (TPSA) is 67.2 Å². The molecule has 102 valence electrons. The van der Waals surface area contributed by atoms with Gasteiger partial charge in [0, 0.05) is 7.05 Å². The predicted octanol–water partition coefficient (Wildman–Crippen LogP) is 1.33. The molecule has 20 heavy (non-hydrogen) atoms. The molecule has 6 nitrogen and oxygen atoms in total. The zero-order valence-corrected chi connectivity index (χ0v) is 11.3. The van der Waals surface area contributed by atoms with Crippen LogP contribution in [0.25, 0.3) is 0 Å². The number of hydrogen-bond acceptors (Lipinski definition) is 3. The molecule has 1 aromatic carbocycles. The fourth-order valence-electron chi connectivity index (χ4n) is 2.36. The Hall–Kier alpha value is -2.63. The van der Waals surface area contributed by atoms with E-state index < -0.39 is 0 Å². The van der Waals surface area contributed by atoms with Gasteiger partial charge in [-0.2, -0.15) is 5.10 Å². The van der Waals surface area contributed by atoms with E-state index in [-0.39, 0.29) is 18.4 Å². The van der Waals surface area contributed by atoms with E-state index in [2.05, 4.69) is 10.4 Å². The van der Waals surface area contributed by atoms with Gasteiger partial charge in [0.2, 0.25) is 5.91 Å². The summed E-state index contributed by atoms with van der Waals surface area (Å²) in [5.74, 6) is -0.425. The molecule has 2 aromatic rings. The minimum absolute atomic E-state index is 0.0140. The van der Waals surface area contributed by atoms with E-state index in [4.69, 9.17) is 0 Å². The van der Waals surface area contributed by atoms with E-state index in [1.54, 1.807) is 19.2 Å². The Bertz CT molecular complexity index is 705. The molecule has 2 heterocycles. The molecule has 2 amide bonds. The normalized spacial score (nSPS) is 13.9. The number of amides is 2. The summed E-state index contributed by atoms with van der Waals surface area (Å²) >= 11 is 0. The van der Waals surface area contributed by atoms with Crippen LogP contribution in [-0.2, 0) is 11.8 Å². The fraction of sp³-hybridized carbons (Fsp3) is 0.214. The van der Waals surface area contributed by atoms with Crippen molar-refractivity contribution in [2.75, 3.05) is 16.8 Å². The lowest BCUT2D eigenvalue weighted by atomic mass is 10.1. The van der Waals surface area contributed by atoms with Gasteiger partial charge in [-0.05, 0) is 25.1 Å². The summed E-state index contributed by atoms with van der Waals surface area (Å²) in [5, 5.41) is 6.93. The molecule has 3 rings (SSSR count). The smallest absolute Gasteiger partial charge is 0.277 e. The number of carbonyl (C=O) groups excluding carboxylic acids is 2. The largest absolute Gasteiger partial charge is 0.323 e. The molecule has 0 bridgehead atoms. The lowest BCUT2D eigenvalue weighted by Crippen LogP contribution is -2.42. The first kappa shape index (κ1) is 12.4. The zero-order chi connectivity index (χ0) is 14.3. The van der Waals surface area contributed by atoms with Gasteiger partial charge in [0.25, 0.3) is 5.91 Å². The van der Waals surface area contributed by atoms with E-state index >= 15 is 0 Å². The Morgan fingerprint density at radius 2 is 2.10 bits per heavy atom. The van der Waals surface area contributed by atoms with Crippen LogP contribution in [0.1, 0.15) is 16.2 Å². The van der Waals surface area contributed by atoms with Crippen LogP contribution in [0, 0.1) is 6.92 Å². The first-order chi connectivity index (χ1) is 9.56. The lowest BCUT2D eigenvalue weighted by Gasteiger charge is -2.28. The van der Waals surface area contributed by atoms with Crippen molar-refractivity contribution in [2.24, 2.45) is 7.05 Å². The van der Waals surface area contributed by atoms with Gasteiger partial charge in [-0.1, -0.05) is 12.1 Å². The summed E-state index contributed by atoms with van der Waals surface area (Å²) in [5.41, 5.74) is 2.59. The second-order valence-electron chi connectivity index (χ2n) is 4.75. The highest BCUT2D eigenvalue weighted by atomic mass is 16.2. The minimum atomic E-state index is -0.226. The number of aryl methyl sites for hydroxylation is 2. The van der Waals surface area contributed by atoms with Crippen LogP contribution in [-0.4, -0.2) is 28.1 Å². The van der Waals surface area contributed by atoms with Crippen molar-refractivity contribution >= 4 is 23.2 Å². The molecule has 6 heteroatoms. The molecular formula is C14H14N4O2. The maximum Gasteiger partial charge on any atom is 0.277 e. The molecule has 0 fully saturated rings. The van der Waals surface area contributed by atoms with Crippen LogP contribution < -0.4 is 10.2 Å². The Morgan fingerprint density at radius 1 is 1.35 bits per heavy atom. The molecule has 0 atom stereocenters. The van der Waals surface area contributed by atoms with Crippen molar-refractivity contribution in [3.05, 3.63) is 41.7 Å². The van der Waals surface area contributed by atoms with Gasteiger partial charge in [0.05, 0.1) is 17.1 Å². The van der Waals surface area contributed by atoms with Crippen LogP contribution in [0.3, 0.4) is 0 Å². The van der Waals surface area contributed by atoms with Gasteiger partial charge in [-0.25, -0.2) is 0 Å². The SMILES string of the molecule is Cc1cc(C(=O)N2CC(=O)Nc3ccccc32)n(C)n1. The highest BCUT2D eigenvalue weighted by molar-refractivity contribution is 6.14. The molecule has 1 aliphatic rings. The Kier molecular flexibility index (Phi) is 2.78. The van der Waals surface area contributed by atoms with Gasteiger partial charge in [0.1, 0.15) is 12.2 Å². The second kappa shape index (κ2) is 4.48. The summed E-state index contributed by atoms with van der Waals surface area (Å²) in [6, 6.07) is 8.97. The van der Waals surface area contributed by atoms with Gasteiger partial charge < -0.3 is 5.32 Å². The summed E-state index contributed by atoms with van der Waals surface area (Å²) in [6.07, 6.45) is 0. The van der Waals surface area contributed by atoms with Crippen molar-refractivity contribution in [3.8, 4) is 0 Å². The number of aromatic nitrogens is 2. The third-order valence-electron chi connectivity index (χ3n) is 3.24. The van der Waals surface area contributed by atoms with Gasteiger partial charge >= 0.3 is 0 Å². The maximum atomic E-state index is 12.6. The highest BCUT2D eigenvalue weighted by Crippen LogP contribution is 2.29. The number of nitrogens with one attached hydrogen (secondary N) is 1. The number of para-hydroxylation sites is 2. The standard InChI is InChI=1S/C14H14N4O2/c1-9-7-12(17(2)16-9)14(20)18-8-13(19)15-10-5-3-4-6-11(10)18/h3-7H,8H2,1-2H3,(H,15,19). The van der Waals surface area contributed by atoms with Crippen molar-refractivity contribution in [1.82, 2.24) is 9.78 Å². The number of rotatable bonds is 1. The van der Waals surface area contributed by atoms with Crippen molar-refractivity contribution in [2.45, 2.75) is 6.92 Å². The molecule has 1 aliphatic heterocycles. The first-order valence-electron chi connectivity index (χ1n) is 6.27. The lowest BCUT2D eigenvalue weighted by molar-refractivity contribution is -0.115. The highest BCUT2D eigenvalue weighted by Gasteiger charge is 2.28. The van der Waals surface area contributed by atoms with Crippen molar-refractivity contribution < 1.29 is 9.59 Å². The van der Waals surface area contributed by atoms with E-state index in [1.165, 1.54) is 9.58 Å². The van der Waals surface area contributed by atoms with Crippen molar-refractivity contribution in [1.29, 1.82) is 0 Å². The summed E-state index contributed by atoms with van der Waals surface area (Å²) < 4.78 is 1.53. The molecular weight excluding hydrogens is 256 g/mol. The number of hydrogen-bond donors (Lipinski definition) is 1. The summed E-state index contributed by atoms with van der Waals surface area (Å²) in [6.45, 7) is 1.84. The van der Waals surface area contributed by atoms with Crippen LogP contribution in [0.4, 0.5) is 11.4 Å². The predicted molar refractivity (Wildman–Crippen MR) is 74.7 cm³/mol.